The highest BCUT2D eigenvalue weighted by Crippen LogP contribution is 2.37. The van der Waals surface area contributed by atoms with Crippen molar-refractivity contribution < 1.29 is 33.3 Å². The smallest absolute Gasteiger partial charge is 0.308 e. The van der Waals surface area contributed by atoms with Gasteiger partial charge in [-0.15, -0.1) is 0 Å². The second-order valence-corrected chi connectivity index (χ2v) is 6.55. The van der Waals surface area contributed by atoms with Crippen LogP contribution in [0.1, 0.15) is 26.5 Å². The molecule has 156 valence electrons. The van der Waals surface area contributed by atoms with Gasteiger partial charge in [-0.25, -0.2) is 4.98 Å². The van der Waals surface area contributed by atoms with Crippen molar-refractivity contribution >= 4 is 46.6 Å². The first-order valence-corrected chi connectivity index (χ1v) is 8.81. The van der Waals surface area contributed by atoms with Gasteiger partial charge in [0.1, 0.15) is 11.6 Å². The third-order valence-electron chi connectivity index (χ3n) is 4.16. The number of esters is 3. The monoisotopic (exact) mass is 427 g/mol. The molecule has 0 aromatic carbocycles. The molecule has 2 aromatic heterocycles. The Morgan fingerprint density at radius 3 is 2.48 bits per heavy atom. The highest BCUT2D eigenvalue weighted by atomic mass is 35.5. The molecule has 1 aliphatic heterocycles. The molecule has 4 atom stereocenters. The summed E-state index contributed by atoms with van der Waals surface area (Å²) in [5, 5.41) is 0.0240. The van der Waals surface area contributed by atoms with Crippen molar-refractivity contribution in [3.63, 3.8) is 0 Å². The number of fused-ring (bicyclic) bond motifs is 1. The molecule has 1 fully saturated rings. The van der Waals surface area contributed by atoms with E-state index in [-0.39, 0.29) is 28.7 Å². The van der Waals surface area contributed by atoms with Crippen LogP contribution in [0, 0.1) is 0 Å². The average Bonchev–Trinajstić information content (AvgIpc) is 3.17. The average molecular weight is 428 g/mol. The number of methoxy groups -OCH3 is 1. The molecule has 3 rings (SSSR count). The highest BCUT2D eigenvalue weighted by Gasteiger charge is 2.51. The Hall–Kier alpha value is -2.99. The van der Waals surface area contributed by atoms with Gasteiger partial charge < -0.3 is 24.7 Å². The van der Waals surface area contributed by atoms with Gasteiger partial charge in [-0.3, -0.25) is 19.0 Å². The predicted octanol–water partition coefficient (Wildman–Crippen LogP) is 0.386. The Bertz CT molecular complexity index is 965. The number of nitrogens with two attached hydrogens (primary N) is 1. The standard InChI is InChI=1S/C16H18ClN5O7/c1-6(23)27-11-8(4-9(25)26-3)29-15(12(11)28-7(2)24)22-5-19-10-13(17)20-16(18)21-14(10)22/h5,8,11-12,15H,4H2,1-3H3,(H2,18,20,21)/t8-,11-,12-,15-/m1/s1. The van der Waals surface area contributed by atoms with E-state index in [0.29, 0.717) is 0 Å². The fraction of sp³-hybridized carbons (Fsp3) is 0.500. The van der Waals surface area contributed by atoms with E-state index in [9.17, 15) is 14.4 Å². The van der Waals surface area contributed by atoms with Crippen molar-refractivity contribution in [2.24, 2.45) is 0 Å². The van der Waals surface area contributed by atoms with E-state index in [4.69, 9.17) is 31.5 Å². The number of rotatable bonds is 5. The second kappa shape index (κ2) is 8.17. The van der Waals surface area contributed by atoms with Crippen molar-refractivity contribution in [2.75, 3.05) is 12.8 Å². The minimum Gasteiger partial charge on any atom is -0.469 e. The number of hydrogen-bond acceptors (Lipinski definition) is 11. The first kappa shape index (κ1) is 20.7. The minimum absolute atomic E-state index is 0.0240. The van der Waals surface area contributed by atoms with Crippen LogP contribution in [0.5, 0.6) is 0 Å². The maximum atomic E-state index is 11.8. The van der Waals surface area contributed by atoms with Crippen LogP contribution in [0.2, 0.25) is 5.15 Å². The van der Waals surface area contributed by atoms with Crippen molar-refractivity contribution in [1.82, 2.24) is 19.5 Å². The van der Waals surface area contributed by atoms with Gasteiger partial charge in [0.05, 0.1) is 19.9 Å². The lowest BCUT2D eigenvalue weighted by Crippen LogP contribution is -2.39. The van der Waals surface area contributed by atoms with E-state index in [1.165, 1.54) is 31.9 Å². The molecular formula is C16H18ClN5O7. The minimum atomic E-state index is -1.10. The zero-order chi connectivity index (χ0) is 21.3. The topological polar surface area (TPSA) is 158 Å². The lowest BCUT2D eigenvalue weighted by molar-refractivity contribution is -0.165. The van der Waals surface area contributed by atoms with Crippen LogP contribution in [0.3, 0.4) is 0 Å². The molecule has 0 unspecified atom stereocenters. The Labute approximate surface area is 169 Å². The van der Waals surface area contributed by atoms with Crippen LogP contribution in [0.15, 0.2) is 6.33 Å². The Morgan fingerprint density at radius 2 is 1.86 bits per heavy atom. The fourth-order valence-corrected chi connectivity index (χ4v) is 3.30. The molecule has 0 bridgehead atoms. The maximum absolute atomic E-state index is 11.8. The number of hydrogen-bond donors (Lipinski definition) is 1. The number of carbonyl (C=O) groups excluding carboxylic acids is 3. The van der Waals surface area contributed by atoms with Gasteiger partial charge in [-0.1, -0.05) is 11.6 Å². The Kier molecular flexibility index (Phi) is 5.84. The first-order valence-electron chi connectivity index (χ1n) is 8.43. The number of carbonyl (C=O) groups is 3. The molecule has 1 aliphatic rings. The SMILES string of the molecule is COC(=O)C[C@H]1O[C@@H](n2cnc3c(Cl)nc(N)nc32)[C@H](OC(C)=O)[C@@H]1OC(C)=O. The van der Waals surface area contributed by atoms with Crippen LogP contribution >= 0.6 is 11.6 Å². The maximum Gasteiger partial charge on any atom is 0.308 e. The van der Waals surface area contributed by atoms with Gasteiger partial charge in [0.2, 0.25) is 5.95 Å². The van der Waals surface area contributed by atoms with Crippen molar-refractivity contribution in [2.45, 2.75) is 44.8 Å². The molecule has 0 radical (unpaired) electrons. The van der Waals surface area contributed by atoms with Gasteiger partial charge in [0.25, 0.3) is 0 Å². The lowest BCUT2D eigenvalue weighted by Gasteiger charge is -2.23. The van der Waals surface area contributed by atoms with Crippen molar-refractivity contribution in [3.05, 3.63) is 11.5 Å². The largest absolute Gasteiger partial charge is 0.469 e. The number of imidazole rings is 1. The molecule has 29 heavy (non-hydrogen) atoms. The summed E-state index contributed by atoms with van der Waals surface area (Å²) in [4.78, 5) is 47.2. The van der Waals surface area contributed by atoms with Crippen LogP contribution in [-0.4, -0.2) is 62.8 Å². The molecule has 1 saturated heterocycles. The Morgan fingerprint density at radius 1 is 1.21 bits per heavy atom. The summed E-state index contributed by atoms with van der Waals surface area (Å²) < 4.78 is 22.7. The summed E-state index contributed by atoms with van der Waals surface area (Å²) >= 11 is 6.05. The van der Waals surface area contributed by atoms with E-state index in [0.717, 1.165) is 0 Å². The zero-order valence-corrected chi connectivity index (χ0v) is 16.5. The van der Waals surface area contributed by atoms with Gasteiger partial charge in [0.15, 0.2) is 29.2 Å². The number of ether oxygens (including phenoxy) is 4. The summed E-state index contributed by atoms with van der Waals surface area (Å²) in [6, 6.07) is 0. The number of halogens is 1. The van der Waals surface area contributed by atoms with E-state index < -0.39 is 42.4 Å². The van der Waals surface area contributed by atoms with Crippen LogP contribution in [-0.2, 0) is 33.3 Å². The molecule has 0 amide bonds. The summed E-state index contributed by atoms with van der Waals surface area (Å²) in [6.07, 6.45) is -3.06. The lowest BCUT2D eigenvalue weighted by atomic mass is 10.1. The van der Waals surface area contributed by atoms with Crippen LogP contribution in [0.4, 0.5) is 5.95 Å². The first-order chi connectivity index (χ1) is 13.7. The summed E-state index contributed by atoms with van der Waals surface area (Å²) in [6.45, 7) is 2.38. The van der Waals surface area contributed by atoms with E-state index in [2.05, 4.69) is 19.7 Å². The predicted molar refractivity (Wildman–Crippen MR) is 96.4 cm³/mol. The molecular weight excluding hydrogens is 410 g/mol. The number of nitrogen functional groups attached to an aromatic ring is 1. The fourth-order valence-electron chi connectivity index (χ4n) is 3.08. The third-order valence-corrected chi connectivity index (χ3v) is 4.42. The molecule has 12 nitrogen and oxygen atoms in total. The van der Waals surface area contributed by atoms with E-state index in [1.807, 2.05) is 0 Å². The van der Waals surface area contributed by atoms with E-state index in [1.54, 1.807) is 0 Å². The zero-order valence-electron chi connectivity index (χ0n) is 15.7. The summed E-state index contributed by atoms with van der Waals surface area (Å²) in [7, 11) is 1.21. The van der Waals surface area contributed by atoms with Gasteiger partial charge in [-0.2, -0.15) is 9.97 Å². The quantitative estimate of drug-likeness (QED) is 0.399. The number of anilines is 1. The van der Waals surface area contributed by atoms with Crippen molar-refractivity contribution in [3.8, 4) is 0 Å². The molecule has 0 aliphatic carbocycles. The number of aromatic nitrogens is 4. The van der Waals surface area contributed by atoms with Gasteiger partial charge >= 0.3 is 17.9 Å². The summed E-state index contributed by atoms with van der Waals surface area (Å²) in [5.74, 6) is -1.99. The number of nitrogens with zero attached hydrogens (tertiary/aromatic N) is 4. The Balaban J connectivity index is 2.06. The molecule has 2 aromatic rings. The molecule has 13 heteroatoms. The molecule has 0 saturated carbocycles. The van der Waals surface area contributed by atoms with E-state index >= 15 is 0 Å². The molecule has 3 heterocycles. The molecule has 2 N–H and O–H groups in total. The summed E-state index contributed by atoms with van der Waals surface area (Å²) in [5.41, 5.74) is 6.12. The highest BCUT2D eigenvalue weighted by molar-refractivity contribution is 6.33. The van der Waals surface area contributed by atoms with Gasteiger partial charge in [-0.05, 0) is 0 Å². The van der Waals surface area contributed by atoms with Crippen molar-refractivity contribution in [1.29, 1.82) is 0 Å². The normalized spacial score (nSPS) is 23.7. The van der Waals surface area contributed by atoms with Gasteiger partial charge in [0, 0.05) is 13.8 Å². The molecule has 0 spiro atoms. The van der Waals surface area contributed by atoms with Crippen LogP contribution in [0.25, 0.3) is 11.2 Å². The second-order valence-electron chi connectivity index (χ2n) is 6.19. The van der Waals surface area contributed by atoms with Crippen LogP contribution < -0.4 is 5.73 Å². The third kappa shape index (κ3) is 4.22.